The normalized spacial score (nSPS) is 16.2. The smallest absolute Gasteiger partial charge is 0.313 e. The van der Waals surface area contributed by atoms with Crippen molar-refractivity contribution in [2.45, 2.75) is 12.6 Å². The van der Waals surface area contributed by atoms with Crippen LogP contribution in [-0.4, -0.2) is 30.2 Å². The van der Waals surface area contributed by atoms with Gasteiger partial charge in [0.2, 0.25) is 0 Å². The van der Waals surface area contributed by atoms with Crippen molar-refractivity contribution in [2.24, 2.45) is 0 Å². The second-order valence-electron chi connectivity index (χ2n) is 1.96. The highest BCUT2D eigenvalue weighted by Gasteiger charge is 2.17. The summed E-state index contributed by atoms with van der Waals surface area (Å²) in [6.07, 6.45) is 0.0537. The minimum atomic E-state index is -2.09. The van der Waals surface area contributed by atoms with E-state index in [-0.39, 0.29) is 6.35 Å². The first-order chi connectivity index (χ1) is 4.59. The van der Waals surface area contributed by atoms with Gasteiger partial charge >= 0.3 is 5.97 Å². The van der Waals surface area contributed by atoms with Gasteiger partial charge in [0.15, 0.2) is 0 Å². The van der Waals surface area contributed by atoms with E-state index in [2.05, 4.69) is 4.74 Å². The number of carbonyl (C=O) groups is 1. The molecule has 0 radical (unpaired) electrons. The average molecular weight is 166 g/mol. The molecule has 4 nitrogen and oxygen atoms in total. The van der Waals surface area contributed by atoms with Gasteiger partial charge in [-0.25, -0.2) is 0 Å². The second kappa shape index (κ2) is 4.47. The van der Waals surface area contributed by atoms with E-state index in [1.807, 2.05) is 0 Å². The number of hydrogen-bond acceptors (Lipinski definition) is 3. The van der Waals surface area contributed by atoms with Gasteiger partial charge in [-0.3, -0.25) is 4.79 Å². The standard InChI is InChI=1S/C5H11O4P/c1-4(5(6)7)10(8)3-9-2/h4,10H,3H2,1-2H3,(H,6,7). The van der Waals surface area contributed by atoms with Gasteiger partial charge in [-0.05, 0) is 6.92 Å². The van der Waals surface area contributed by atoms with E-state index in [0.29, 0.717) is 0 Å². The summed E-state index contributed by atoms with van der Waals surface area (Å²) in [6, 6.07) is 0. The first-order valence-electron chi connectivity index (χ1n) is 2.84. The van der Waals surface area contributed by atoms with Crippen molar-refractivity contribution in [1.82, 2.24) is 0 Å². The quantitative estimate of drug-likeness (QED) is 0.622. The molecule has 5 heteroatoms. The lowest BCUT2D eigenvalue weighted by Crippen LogP contribution is -2.12. The molecule has 0 aromatic rings. The molecule has 0 aliphatic heterocycles. The van der Waals surface area contributed by atoms with Gasteiger partial charge in [0.25, 0.3) is 0 Å². The Bertz CT molecular complexity index is 145. The van der Waals surface area contributed by atoms with Gasteiger partial charge in [0.1, 0.15) is 13.5 Å². The highest BCUT2D eigenvalue weighted by molar-refractivity contribution is 7.46. The molecular formula is C5H11O4P. The predicted octanol–water partition coefficient (Wildman–Crippen LogP) is 0.623. The van der Waals surface area contributed by atoms with Crippen LogP contribution in [0.3, 0.4) is 0 Å². The number of hydrogen-bond donors (Lipinski definition) is 1. The highest BCUT2D eigenvalue weighted by Crippen LogP contribution is 2.27. The third-order valence-corrected chi connectivity index (χ3v) is 2.93. The molecule has 2 unspecified atom stereocenters. The average Bonchev–Trinajstić information content (AvgIpc) is 1.87. The molecule has 0 bridgehead atoms. The Kier molecular flexibility index (Phi) is 4.32. The molecule has 0 saturated heterocycles. The van der Waals surface area contributed by atoms with Crippen LogP contribution in [0.5, 0.6) is 0 Å². The summed E-state index contributed by atoms with van der Waals surface area (Å²) in [5.41, 5.74) is -0.773. The Morgan fingerprint density at radius 2 is 2.30 bits per heavy atom. The van der Waals surface area contributed by atoms with E-state index >= 15 is 0 Å². The monoisotopic (exact) mass is 166 g/mol. The minimum absolute atomic E-state index is 0.0537. The zero-order chi connectivity index (χ0) is 8.15. The molecule has 0 aromatic carbocycles. The summed E-state index contributed by atoms with van der Waals surface area (Å²) in [5.74, 6) is -1.03. The Morgan fingerprint density at radius 1 is 1.80 bits per heavy atom. The lowest BCUT2D eigenvalue weighted by Gasteiger charge is -2.03. The summed E-state index contributed by atoms with van der Waals surface area (Å²) in [6.45, 7) is 1.42. The summed E-state index contributed by atoms with van der Waals surface area (Å²) in [7, 11) is -0.690. The van der Waals surface area contributed by atoms with Crippen molar-refractivity contribution in [2.75, 3.05) is 13.5 Å². The van der Waals surface area contributed by atoms with Crippen LogP contribution in [0, 0.1) is 0 Å². The van der Waals surface area contributed by atoms with E-state index in [4.69, 9.17) is 5.11 Å². The van der Waals surface area contributed by atoms with Crippen molar-refractivity contribution < 1.29 is 19.2 Å². The van der Waals surface area contributed by atoms with Crippen molar-refractivity contribution >= 4 is 13.8 Å². The van der Waals surface area contributed by atoms with Crippen LogP contribution in [-0.2, 0) is 14.1 Å². The van der Waals surface area contributed by atoms with E-state index in [1.165, 1.54) is 14.0 Å². The molecule has 0 amide bonds. The van der Waals surface area contributed by atoms with Gasteiger partial charge in [0.05, 0.1) is 6.35 Å². The number of rotatable bonds is 4. The molecule has 0 rings (SSSR count). The third kappa shape index (κ3) is 2.99. The fourth-order valence-corrected chi connectivity index (χ4v) is 1.21. The summed E-state index contributed by atoms with van der Waals surface area (Å²) >= 11 is 0. The fourth-order valence-electron chi connectivity index (χ4n) is 0.405. The van der Waals surface area contributed by atoms with E-state index in [9.17, 15) is 9.36 Å². The molecule has 0 aromatic heterocycles. The second-order valence-corrected chi connectivity index (χ2v) is 4.05. The Balaban J connectivity index is 3.82. The molecule has 10 heavy (non-hydrogen) atoms. The Morgan fingerprint density at radius 3 is 2.60 bits per heavy atom. The van der Waals surface area contributed by atoms with Crippen LogP contribution in [0.4, 0.5) is 0 Å². The Labute approximate surface area is 60.0 Å². The van der Waals surface area contributed by atoms with Gasteiger partial charge in [-0.15, -0.1) is 0 Å². The highest BCUT2D eigenvalue weighted by atomic mass is 31.1. The first-order valence-corrected chi connectivity index (χ1v) is 4.53. The van der Waals surface area contributed by atoms with Crippen molar-refractivity contribution in [1.29, 1.82) is 0 Å². The first kappa shape index (κ1) is 9.66. The van der Waals surface area contributed by atoms with Crippen LogP contribution in [0.1, 0.15) is 6.92 Å². The van der Waals surface area contributed by atoms with Crippen LogP contribution >= 0.6 is 7.80 Å². The lowest BCUT2D eigenvalue weighted by molar-refractivity contribution is -0.136. The van der Waals surface area contributed by atoms with Gasteiger partial charge in [-0.2, -0.15) is 0 Å². The maximum atomic E-state index is 10.9. The van der Waals surface area contributed by atoms with Gasteiger partial charge < -0.3 is 14.4 Å². The van der Waals surface area contributed by atoms with Crippen molar-refractivity contribution in [3.63, 3.8) is 0 Å². The number of carboxylic acids is 1. The number of ether oxygens (including phenoxy) is 1. The molecular weight excluding hydrogens is 155 g/mol. The van der Waals surface area contributed by atoms with E-state index < -0.39 is 19.4 Å². The number of methoxy groups -OCH3 is 1. The van der Waals surface area contributed by atoms with Crippen LogP contribution < -0.4 is 0 Å². The largest absolute Gasteiger partial charge is 0.481 e. The van der Waals surface area contributed by atoms with Crippen LogP contribution in [0.25, 0.3) is 0 Å². The Hall–Kier alpha value is -0.340. The van der Waals surface area contributed by atoms with E-state index in [0.717, 1.165) is 0 Å². The van der Waals surface area contributed by atoms with Crippen LogP contribution in [0.2, 0.25) is 0 Å². The fraction of sp³-hybridized carbons (Fsp3) is 0.800. The minimum Gasteiger partial charge on any atom is -0.481 e. The zero-order valence-electron chi connectivity index (χ0n) is 5.96. The molecule has 0 fully saturated rings. The summed E-state index contributed by atoms with van der Waals surface area (Å²) in [4.78, 5) is 10.2. The summed E-state index contributed by atoms with van der Waals surface area (Å²) in [5, 5.41) is 8.35. The number of aliphatic carboxylic acids is 1. The molecule has 0 aliphatic rings. The molecule has 2 atom stereocenters. The molecule has 0 spiro atoms. The molecule has 60 valence electrons. The maximum absolute atomic E-state index is 10.9. The summed E-state index contributed by atoms with van der Waals surface area (Å²) < 4.78 is 15.4. The van der Waals surface area contributed by atoms with Crippen molar-refractivity contribution in [3.05, 3.63) is 0 Å². The molecule has 0 heterocycles. The van der Waals surface area contributed by atoms with Crippen LogP contribution in [0.15, 0.2) is 0 Å². The third-order valence-electron chi connectivity index (χ3n) is 1.14. The number of carboxylic acid groups (broad SMARTS) is 1. The zero-order valence-corrected chi connectivity index (χ0v) is 6.96. The molecule has 0 aliphatic carbocycles. The van der Waals surface area contributed by atoms with Crippen molar-refractivity contribution in [3.8, 4) is 0 Å². The maximum Gasteiger partial charge on any atom is 0.313 e. The van der Waals surface area contributed by atoms with E-state index in [1.54, 1.807) is 0 Å². The lowest BCUT2D eigenvalue weighted by atomic mass is 10.5. The van der Waals surface area contributed by atoms with Gasteiger partial charge in [0, 0.05) is 7.11 Å². The molecule has 0 saturated carbocycles. The predicted molar refractivity (Wildman–Crippen MR) is 38.0 cm³/mol. The van der Waals surface area contributed by atoms with Gasteiger partial charge in [-0.1, -0.05) is 0 Å². The topological polar surface area (TPSA) is 63.6 Å². The SMILES string of the molecule is COC[PH](=O)C(C)C(=O)O. The molecule has 1 N–H and O–H groups in total.